The second-order valence-electron chi connectivity index (χ2n) is 19.3. The molecule has 14 rings (SSSR count). The third-order valence-electron chi connectivity index (χ3n) is 14.3. The second kappa shape index (κ2) is 18.6. The molecule has 4 N–H and O–H groups in total. The highest BCUT2D eigenvalue weighted by atomic mass is 16.3. The van der Waals surface area contributed by atoms with Gasteiger partial charge in [-0.3, -0.25) is 34.7 Å². The third-order valence-corrected chi connectivity index (χ3v) is 14.3. The van der Waals surface area contributed by atoms with Gasteiger partial charge in [-0.15, -0.1) is 0 Å². The molecule has 0 aliphatic carbocycles. The maximum atomic E-state index is 13.3. The molecule has 11 heterocycles. The van der Waals surface area contributed by atoms with E-state index < -0.39 is 0 Å². The van der Waals surface area contributed by atoms with E-state index in [1.54, 1.807) is 49.5 Å². The molecule has 3 aliphatic heterocycles. The zero-order valence-corrected chi connectivity index (χ0v) is 41.1. The summed E-state index contributed by atoms with van der Waals surface area (Å²) < 4.78 is 12.0. The Morgan fingerprint density at radius 1 is 0.763 bits per heavy atom. The molecule has 1 fully saturated rings. The van der Waals surface area contributed by atoms with Crippen molar-refractivity contribution in [3.63, 3.8) is 0 Å². The van der Waals surface area contributed by atoms with Gasteiger partial charge in [0.2, 0.25) is 0 Å². The Kier molecular flexibility index (Phi) is 10.9. The normalized spacial score (nSPS) is 14.5. The van der Waals surface area contributed by atoms with Gasteiger partial charge in [0.15, 0.2) is 17.3 Å². The lowest BCUT2D eigenvalue weighted by Crippen LogP contribution is -2.26. The van der Waals surface area contributed by atoms with Crippen molar-refractivity contribution in [1.82, 2.24) is 50.0 Å². The fraction of sp³-hybridized carbons (Fsp3) is 0.136. The van der Waals surface area contributed by atoms with Gasteiger partial charge in [-0.05, 0) is 115 Å². The number of imidazole rings is 2. The Hall–Kier alpha value is -9.87. The summed E-state index contributed by atoms with van der Waals surface area (Å²) in [6.45, 7) is 4.04. The van der Waals surface area contributed by atoms with Crippen LogP contribution in [0, 0.1) is 0 Å². The fourth-order valence-electron chi connectivity index (χ4n) is 10.6. The van der Waals surface area contributed by atoms with Gasteiger partial charge in [0.25, 0.3) is 5.91 Å². The molecule has 17 heteroatoms. The first kappa shape index (κ1) is 44.8. The number of aromatic amines is 3. The van der Waals surface area contributed by atoms with Crippen molar-refractivity contribution in [3.05, 3.63) is 186 Å². The first-order valence-electron chi connectivity index (χ1n) is 25.1. The van der Waals surface area contributed by atoms with Crippen LogP contribution in [-0.2, 0) is 13.1 Å². The van der Waals surface area contributed by atoms with E-state index in [9.17, 15) is 4.79 Å². The van der Waals surface area contributed by atoms with Gasteiger partial charge in [-0.25, -0.2) is 15.0 Å². The molecular weight excluding hydrogens is 953 g/mol. The summed E-state index contributed by atoms with van der Waals surface area (Å²) in [5, 5.41) is 12.0. The average Bonchev–Trinajstić information content (AvgIpc) is 4.34. The Morgan fingerprint density at radius 3 is 2.51 bits per heavy atom. The van der Waals surface area contributed by atoms with E-state index in [1.165, 1.54) is 18.4 Å². The summed E-state index contributed by atoms with van der Waals surface area (Å²) in [4.78, 5) is 59.0. The van der Waals surface area contributed by atoms with Gasteiger partial charge in [0.05, 0.1) is 54.1 Å². The number of carbonyl (C=O) groups excluding carboxylic acids is 1. The van der Waals surface area contributed by atoms with Crippen LogP contribution in [0.2, 0.25) is 0 Å². The van der Waals surface area contributed by atoms with Crippen LogP contribution in [0.4, 0.5) is 11.4 Å². The van der Waals surface area contributed by atoms with E-state index in [0.717, 1.165) is 109 Å². The van der Waals surface area contributed by atoms with E-state index in [2.05, 4.69) is 76.4 Å². The van der Waals surface area contributed by atoms with E-state index in [0.29, 0.717) is 58.7 Å². The lowest BCUT2D eigenvalue weighted by molar-refractivity contribution is 0.102. The summed E-state index contributed by atoms with van der Waals surface area (Å²) >= 11 is 0. The number of furan rings is 2. The largest absolute Gasteiger partial charge is 0.472 e. The van der Waals surface area contributed by atoms with Gasteiger partial charge < -0.3 is 29.0 Å². The topological polar surface area (TPSA) is 211 Å². The van der Waals surface area contributed by atoms with Gasteiger partial charge in [0, 0.05) is 106 Å². The van der Waals surface area contributed by atoms with Crippen molar-refractivity contribution in [2.45, 2.75) is 25.9 Å². The van der Waals surface area contributed by atoms with Gasteiger partial charge in [-0.2, -0.15) is 5.10 Å². The molecule has 1 amide bonds. The minimum Gasteiger partial charge on any atom is -0.472 e. The van der Waals surface area contributed by atoms with E-state index >= 15 is 0 Å². The third kappa shape index (κ3) is 8.15. The number of hydrogen-bond donors (Lipinski definition) is 4. The number of fused-ring (bicyclic) bond motifs is 4. The lowest BCUT2D eigenvalue weighted by Gasteiger charge is -2.26. The summed E-state index contributed by atoms with van der Waals surface area (Å²) in [7, 11) is 2.06. The molecule has 0 radical (unpaired) electrons. The number of carbonyl (C=O) groups is 1. The quantitative estimate of drug-likeness (QED) is 0.0957. The molecule has 3 aliphatic rings. The summed E-state index contributed by atoms with van der Waals surface area (Å²) in [6, 6.07) is 29.7. The first-order valence-corrected chi connectivity index (χ1v) is 25.1. The molecule has 0 spiro atoms. The molecule has 3 aromatic carbocycles. The number of allylic oxidation sites excluding steroid dienone is 1. The maximum Gasteiger partial charge on any atom is 0.255 e. The van der Waals surface area contributed by atoms with Crippen LogP contribution < -0.4 is 10.2 Å². The molecule has 11 aromatic rings. The number of H-pyrrole nitrogens is 3. The highest BCUT2D eigenvalue weighted by Gasteiger charge is 2.28. The van der Waals surface area contributed by atoms with Crippen molar-refractivity contribution in [1.29, 1.82) is 0 Å². The molecule has 370 valence electrons. The second-order valence-corrected chi connectivity index (χ2v) is 19.3. The number of likely N-dealkylation sites (tertiary alicyclic amines) is 1. The van der Waals surface area contributed by atoms with Crippen LogP contribution in [0.3, 0.4) is 0 Å². The number of nitrogens with zero attached hydrogens (tertiary/aromatic N) is 10. The van der Waals surface area contributed by atoms with Gasteiger partial charge >= 0.3 is 0 Å². The number of nitrogens with one attached hydrogen (secondary N) is 4. The number of hydrogen-bond acceptors (Lipinski definition) is 13. The summed E-state index contributed by atoms with van der Waals surface area (Å²) in [5.74, 6) is 1.52. The van der Waals surface area contributed by atoms with Crippen LogP contribution >= 0.6 is 0 Å². The van der Waals surface area contributed by atoms with Crippen molar-refractivity contribution in [2.24, 2.45) is 9.98 Å². The number of rotatable bonds is 11. The predicted molar refractivity (Wildman–Crippen MR) is 293 cm³/mol. The number of benzene rings is 3. The highest BCUT2D eigenvalue weighted by Crippen LogP contribution is 2.41. The number of aliphatic imine (C=N–C) groups is 2. The van der Waals surface area contributed by atoms with E-state index in [-0.39, 0.29) is 5.91 Å². The lowest BCUT2D eigenvalue weighted by atomic mass is 9.97. The Bertz CT molecular complexity index is 4140. The Labute approximate surface area is 434 Å². The fourth-order valence-corrected chi connectivity index (χ4v) is 10.6. The maximum absolute atomic E-state index is 13.3. The minimum absolute atomic E-state index is 0.241. The predicted octanol–water partition coefficient (Wildman–Crippen LogP) is 11.0. The van der Waals surface area contributed by atoms with E-state index in [4.69, 9.17) is 33.9 Å². The number of anilines is 2. The smallest absolute Gasteiger partial charge is 0.255 e. The molecule has 0 atom stereocenters. The summed E-state index contributed by atoms with van der Waals surface area (Å²) in [6.07, 6.45) is 20.4. The van der Waals surface area contributed by atoms with Crippen LogP contribution in [0.25, 0.3) is 83.9 Å². The van der Waals surface area contributed by atoms with Crippen molar-refractivity contribution >= 4 is 56.8 Å². The molecule has 1 saturated heterocycles. The van der Waals surface area contributed by atoms with Gasteiger partial charge in [0.1, 0.15) is 29.4 Å². The average molecular weight is 999 g/mol. The number of aromatic nitrogens is 9. The Morgan fingerprint density at radius 2 is 1.63 bits per heavy atom. The van der Waals surface area contributed by atoms with Crippen LogP contribution in [0.5, 0.6) is 0 Å². The van der Waals surface area contributed by atoms with E-state index in [1.807, 2.05) is 79.3 Å². The highest BCUT2D eigenvalue weighted by molar-refractivity contribution is 6.16. The van der Waals surface area contributed by atoms with Crippen molar-refractivity contribution in [2.75, 3.05) is 37.0 Å². The molecule has 8 aromatic heterocycles. The SMILES string of the molecule is CN1CN=C(c2nc3c([nH]2)CN=CC=C3c2coc(-c3cc(-c4cncc(NC(=O)c5ccccc5)c4)cc4c(-c5nc6c(-c7ccoc7)ccnc6[nH]5)n[nH]c34)c2)c2cc(-c3cncc(CN4CCCC4)c3)ccc21. The Balaban J connectivity index is 0.832. The van der Waals surface area contributed by atoms with Crippen LogP contribution in [-0.4, -0.2) is 94.6 Å². The first-order chi connectivity index (χ1) is 37.4. The van der Waals surface area contributed by atoms with Crippen molar-refractivity contribution < 1.29 is 13.6 Å². The zero-order valence-electron chi connectivity index (χ0n) is 41.1. The molecular formula is C59H46N14O3. The van der Waals surface area contributed by atoms with Crippen molar-refractivity contribution in [3.8, 4) is 56.2 Å². The molecule has 0 unspecified atom stereocenters. The minimum atomic E-state index is -0.241. The number of amides is 1. The standard InChI is InChI=1S/C59H46N14O3/c1-72-33-64-53(45-21-36(9-10-49(45)72)39-19-34(25-61-26-39)30-73-16-5-6-17-73)57-66-48-29-60-14-11-44(52(48)67-57)41-24-50(76-32-41)46-22-38(40-20-42(28-62-27-40)65-59(74)35-7-3-2-4-8-35)23-47-51(46)70-71-55(47)58-68-54-43(37-13-18-75-31-37)12-15-63-56(54)69-58/h2-4,7-15,18-28,31-32H,5-6,16-17,29-30,33H2,1H3,(H,65,74)(H,66,67)(H,70,71)(H,63,68,69). The monoisotopic (exact) mass is 998 g/mol. The van der Waals surface area contributed by atoms with Crippen LogP contribution in [0.1, 0.15) is 57.1 Å². The van der Waals surface area contributed by atoms with Gasteiger partial charge in [-0.1, -0.05) is 24.3 Å². The molecule has 17 nitrogen and oxygen atoms in total. The summed E-state index contributed by atoms with van der Waals surface area (Å²) in [5.41, 5.74) is 17.1. The van der Waals surface area contributed by atoms with Crippen LogP contribution in [0.15, 0.2) is 166 Å². The molecule has 0 bridgehead atoms. The molecule has 76 heavy (non-hydrogen) atoms. The zero-order chi connectivity index (χ0) is 50.7. The molecule has 0 saturated carbocycles. The number of pyridine rings is 3.